The number of hydrogen-bond donors (Lipinski definition) is 2. The van der Waals surface area contributed by atoms with Gasteiger partial charge in [0.2, 0.25) is 5.91 Å². The van der Waals surface area contributed by atoms with Gasteiger partial charge in [-0.3, -0.25) is 20.4 Å². The van der Waals surface area contributed by atoms with Crippen molar-refractivity contribution in [2.24, 2.45) is 0 Å². The van der Waals surface area contributed by atoms with E-state index >= 15 is 0 Å². The van der Waals surface area contributed by atoms with Gasteiger partial charge >= 0.3 is 0 Å². The molecule has 26 heavy (non-hydrogen) atoms. The van der Waals surface area contributed by atoms with Gasteiger partial charge in [-0.05, 0) is 36.6 Å². The maximum Gasteiger partial charge on any atom is 0.257 e. The first-order valence-corrected chi connectivity index (χ1v) is 9.79. The summed E-state index contributed by atoms with van der Waals surface area (Å²) in [5.41, 5.74) is 7.41. The van der Waals surface area contributed by atoms with Gasteiger partial charge in [0.25, 0.3) is 5.91 Å². The molecule has 0 bridgehead atoms. The summed E-state index contributed by atoms with van der Waals surface area (Å²) in [5, 5.41) is 0. The number of carbonyl (C=O) groups excluding carboxylic acids is 2. The number of hydrazine groups is 1. The van der Waals surface area contributed by atoms with Crippen LogP contribution in [0.3, 0.4) is 0 Å². The second-order valence-electron chi connectivity index (χ2n) is 6.16. The predicted molar refractivity (Wildman–Crippen MR) is 105 cm³/mol. The van der Waals surface area contributed by atoms with E-state index in [1.807, 2.05) is 48.5 Å². The van der Waals surface area contributed by atoms with E-state index in [4.69, 9.17) is 0 Å². The number of benzene rings is 2. The molecule has 2 N–H and O–H groups in total. The highest BCUT2D eigenvalue weighted by molar-refractivity contribution is 7.99. The Balaban J connectivity index is 1.38. The topological polar surface area (TPSA) is 61.4 Å². The smallest absolute Gasteiger partial charge is 0.257 e. The lowest BCUT2D eigenvalue weighted by Gasteiger charge is -2.30. The van der Waals surface area contributed by atoms with Gasteiger partial charge in [0.05, 0.1) is 6.54 Å². The third kappa shape index (κ3) is 5.26. The summed E-state index contributed by atoms with van der Waals surface area (Å²) in [6.07, 6.45) is 2.43. The summed E-state index contributed by atoms with van der Waals surface area (Å²) < 4.78 is 0. The standard InChI is InChI=1S/C20H23N3O2S/c24-19(12-14-26-17-9-2-1-3-10-17)21-22-20(25)15-23-13-6-8-16-7-4-5-11-18(16)23/h1-5,7,9-11H,6,8,12-15H2,(H,21,24)(H,22,25). The number of carbonyl (C=O) groups is 2. The molecule has 2 aromatic rings. The van der Waals surface area contributed by atoms with Crippen LogP contribution in [-0.4, -0.2) is 30.7 Å². The SMILES string of the molecule is O=C(CCSc1ccccc1)NNC(=O)CN1CCCc2ccccc21. The normalized spacial score (nSPS) is 13.0. The maximum atomic E-state index is 12.1. The van der Waals surface area contributed by atoms with E-state index in [-0.39, 0.29) is 18.4 Å². The molecule has 0 spiro atoms. The molecule has 2 amide bonds. The van der Waals surface area contributed by atoms with Crippen LogP contribution in [0.15, 0.2) is 59.5 Å². The summed E-state index contributed by atoms with van der Waals surface area (Å²) in [5.74, 6) is 0.289. The van der Waals surface area contributed by atoms with Crippen molar-refractivity contribution in [1.82, 2.24) is 10.9 Å². The van der Waals surface area contributed by atoms with Crippen molar-refractivity contribution in [3.8, 4) is 0 Å². The zero-order valence-corrected chi connectivity index (χ0v) is 15.4. The largest absolute Gasteiger partial charge is 0.362 e. The molecule has 1 heterocycles. The Labute approximate surface area is 158 Å². The first-order chi connectivity index (χ1) is 12.7. The van der Waals surface area contributed by atoms with Crippen LogP contribution < -0.4 is 15.8 Å². The molecule has 136 valence electrons. The first-order valence-electron chi connectivity index (χ1n) is 8.81. The minimum atomic E-state index is -0.203. The summed E-state index contributed by atoms with van der Waals surface area (Å²) in [4.78, 5) is 27.2. The van der Waals surface area contributed by atoms with E-state index in [1.165, 1.54) is 5.56 Å². The molecule has 0 aliphatic carbocycles. The highest BCUT2D eigenvalue weighted by atomic mass is 32.2. The Morgan fingerprint density at radius 3 is 2.54 bits per heavy atom. The van der Waals surface area contributed by atoms with Crippen LogP contribution in [0.2, 0.25) is 0 Å². The first kappa shape index (κ1) is 18.3. The van der Waals surface area contributed by atoms with Crippen LogP contribution in [0.1, 0.15) is 18.4 Å². The highest BCUT2D eigenvalue weighted by Gasteiger charge is 2.18. The van der Waals surface area contributed by atoms with Crippen LogP contribution in [0.4, 0.5) is 5.69 Å². The van der Waals surface area contributed by atoms with Gasteiger partial charge in [0, 0.05) is 29.3 Å². The molecule has 0 unspecified atom stereocenters. The maximum absolute atomic E-state index is 12.1. The van der Waals surface area contributed by atoms with E-state index in [0.717, 1.165) is 30.0 Å². The van der Waals surface area contributed by atoms with Gasteiger partial charge in [0.1, 0.15) is 0 Å². The third-order valence-electron chi connectivity index (χ3n) is 4.22. The van der Waals surface area contributed by atoms with E-state index in [2.05, 4.69) is 21.8 Å². The molecule has 0 radical (unpaired) electrons. The number of nitrogens with one attached hydrogen (secondary N) is 2. The number of aryl methyl sites for hydroxylation is 1. The Kier molecular flexibility index (Phi) is 6.55. The second-order valence-corrected chi connectivity index (χ2v) is 7.33. The second kappa shape index (κ2) is 9.29. The molecule has 2 aromatic carbocycles. The molecule has 6 heteroatoms. The van der Waals surface area contributed by atoms with Crippen molar-refractivity contribution in [3.63, 3.8) is 0 Å². The van der Waals surface area contributed by atoms with E-state index < -0.39 is 0 Å². The fourth-order valence-electron chi connectivity index (χ4n) is 2.97. The minimum absolute atomic E-state index is 0.180. The number of anilines is 1. The molecular weight excluding hydrogens is 346 g/mol. The van der Waals surface area contributed by atoms with Crippen LogP contribution in [0.5, 0.6) is 0 Å². The fourth-order valence-corrected chi connectivity index (χ4v) is 3.84. The van der Waals surface area contributed by atoms with Gasteiger partial charge in [-0.25, -0.2) is 0 Å². The summed E-state index contributed by atoms with van der Waals surface area (Å²) in [7, 11) is 0. The number of rotatable bonds is 6. The highest BCUT2D eigenvalue weighted by Crippen LogP contribution is 2.26. The number of para-hydroxylation sites is 1. The Morgan fingerprint density at radius 1 is 0.962 bits per heavy atom. The van der Waals surface area contributed by atoms with Crippen LogP contribution in [-0.2, 0) is 16.0 Å². The Morgan fingerprint density at radius 2 is 1.69 bits per heavy atom. The quantitative estimate of drug-likeness (QED) is 0.607. The molecule has 1 aliphatic heterocycles. The number of fused-ring (bicyclic) bond motifs is 1. The lowest BCUT2D eigenvalue weighted by molar-refractivity contribution is -0.128. The molecule has 3 rings (SSSR count). The number of amides is 2. The molecule has 0 saturated carbocycles. The molecule has 0 atom stereocenters. The number of nitrogens with zero attached hydrogens (tertiary/aromatic N) is 1. The van der Waals surface area contributed by atoms with E-state index in [1.54, 1.807) is 11.8 Å². The van der Waals surface area contributed by atoms with Crippen LogP contribution in [0, 0.1) is 0 Å². The molecule has 0 fully saturated rings. The van der Waals surface area contributed by atoms with Crippen molar-refractivity contribution in [2.75, 3.05) is 23.7 Å². The Bertz CT molecular complexity index is 752. The lowest BCUT2D eigenvalue weighted by Crippen LogP contribution is -2.47. The van der Waals surface area contributed by atoms with Crippen molar-refractivity contribution in [2.45, 2.75) is 24.2 Å². The van der Waals surface area contributed by atoms with Gasteiger partial charge < -0.3 is 4.90 Å². The average Bonchev–Trinajstić information content (AvgIpc) is 2.67. The minimum Gasteiger partial charge on any atom is -0.362 e. The van der Waals surface area contributed by atoms with Crippen molar-refractivity contribution in [1.29, 1.82) is 0 Å². The van der Waals surface area contributed by atoms with Crippen molar-refractivity contribution in [3.05, 3.63) is 60.2 Å². The third-order valence-corrected chi connectivity index (χ3v) is 5.24. The van der Waals surface area contributed by atoms with E-state index in [9.17, 15) is 9.59 Å². The summed E-state index contributed by atoms with van der Waals surface area (Å²) in [6, 6.07) is 18.1. The van der Waals surface area contributed by atoms with Crippen molar-refractivity contribution < 1.29 is 9.59 Å². The average molecular weight is 369 g/mol. The van der Waals surface area contributed by atoms with Gasteiger partial charge in [-0.1, -0.05) is 36.4 Å². The fraction of sp³-hybridized carbons (Fsp3) is 0.300. The zero-order chi connectivity index (χ0) is 18.2. The number of thioether (sulfide) groups is 1. The van der Waals surface area contributed by atoms with Gasteiger partial charge in [0.15, 0.2) is 0 Å². The lowest BCUT2D eigenvalue weighted by atomic mass is 10.0. The van der Waals surface area contributed by atoms with Gasteiger partial charge in [-0.15, -0.1) is 11.8 Å². The van der Waals surface area contributed by atoms with Crippen LogP contribution in [0.25, 0.3) is 0 Å². The zero-order valence-electron chi connectivity index (χ0n) is 14.6. The van der Waals surface area contributed by atoms with Gasteiger partial charge in [-0.2, -0.15) is 0 Å². The summed E-state index contributed by atoms with van der Waals surface area (Å²) in [6.45, 7) is 1.10. The van der Waals surface area contributed by atoms with E-state index in [0.29, 0.717) is 12.2 Å². The Hall–Kier alpha value is -2.47. The summed E-state index contributed by atoms with van der Waals surface area (Å²) >= 11 is 1.62. The number of hydrogen-bond acceptors (Lipinski definition) is 4. The molecular formula is C20H23N3O2S. The monoisotopic (exact) mass is 369 g/mol. The molecule has 1 aliphatic rings. The molecule has 0 aromatic heterocycles. The predicted octanol–water partition coefficient (Wildman–Crippen LogP) is 2.77. The van der Waals surface area contributed by atoms with Crippen LogP contribution >= 0.6 is 11.8 Å². The molecule has 0 saturated heterocycles. The van der Waals surface area contributed by atoms with Crippen molar-refractivity contribution >= 4 is 29.3 Å². The molecule has 5 nitrogen and oxygen atoms in total.